The highest BCUT2D eigenvalue weighted by Gasteiger charge is 2.47. The van der Waals surface area contributed by atoms with Gasteiger partial charge in [0.1, 0.15) is 24.4 Å². The molecule has 0 aromatic carbocycles. The normalized spacial score (nSPS) is 19.1. The van der Waals surface area contributed by atoms with E-state index in [9.17, 15) is 35.1 Å². The number of carbonyl (C=O) groups is 2. The minimum absolute atomic E-state index is 0.125. The summed E-state index contributed by atoms with van der Waals surface area (Å²) in [4.78, 5) is 26.6. The second-order valence-corrected chi connectivity index (χ2v) is 23.2. The number of aliphatic hydroxyl groups is 5. The average molecular weight is 1100 g/mol. The van der Waals surface area contributed by atoms with Crippen molar-refractivity contribution in [2.45, 2.75) is 365 Å². The molecule has 1 rings (SSSR count). The Kier molecular flexibility index (Phi) is 52.5. The molecular formula is C67H125NO10. The van der Waals surface area contributed by atoms with Crippen molar-refractivity contribution >= 4 is 11.9 Å². The summed E-state index contributed by atoms with van der Waals surface area (Å²) in [7, 11) is 0. The van der Waals surface area contributed by atoms with Crippen LogP contribution in [0.4, 0.5) is 0 Å². The highest BCUT2D eigenvalue weighted by Crippen LogP contribution is 2.26. The predicted molar refractivity (Wildman–Crippen MR) is 324 cm³/mol. The van der Waals surface area contributed by atoms with Gasteiger partial charge in [0.05, 0.1) is 25.4 Å². The number of allylic oxidation sites excluding steroid dienone is 5. The van der Waals surface area contributed by atoms with E-state index >= 15 is 0 Å². The van der Waals surface area contributed by atoms with Crippen molar-refractivity contribution in [2.24, 2.45) is 0 Å². The van der Waals surface area contributed by atoms with E-state index in [0.29, 0.717) is 12.8 Å². The summed E-state index contributed by atoms with van der Waals surface area (Å²) in [6.45, 7) is 5.81. The first kappa shape index (κ1) is 73.9. The Hall–Kier alpha value is -2.12. The van der Waals surface area contributed by atoms with Crippen molar-refractivity contribution in [1.82, 2.24) is 5.32 Å². The Balaban J connectivity index is 2.62. The number of ether oxygens (including phenoxy) is 3. The Labute approximate surface area is 479 Å². The fraction of sp³-hybridized carbons (Fsp3) is 0.881. The zero-order valence-corrected chi connectivity index (χ0v) is 50.8. The third kappa shape index (κ3) is 42.7. The van der Waals surface area contributed by atoms with Crippen LogP contribution in [0.3, 0.4) is 0 Å². The van der Waals surface area contributed by atoms with Crippen LogP contribution in [0.25, 0.3) is 0 Å². The van der Waals surface area contributed by atoms with Gasteiger partial charge in [0.25, 0.3) is 0 Å². The van der Waals surface area contributed by atoms with Crippen molar-refractivity contribution in [3.63, 3.8) is 0 Å². The lowest BCUT2D eigenvalue weighted by Gasteiger charge is -2.41. The summed E-state index contributed by atoms with van der Waals surface area (Å²) in [5.41, 5.74) is 0. The molecule has 8 atom stereocenters. The van der Waals surface area contributed by atoms with E-state index in [1.165, 1.54) is 199 Å². The highest BCUT2D eigenvalue weighted by atomic mass is 16.7. The van der Waals surface area contributed by atoms with Gasteiger partial charge in [-0.1, -0.05) is 269 Å². The molecule has 8 unspecified atom stereocenters. The molecule has 0 aliphatic carbocycles. The smallest absolute Gasteiger partial charge is 0.306 e. The van der Waals surface area contributed by atoms with Crippen LogP contribution in [0.15, 0.2) is 36.5 Å². The molecule has 6 N–H and O–H groups in total. The van der Waals surface area contributed by atoms with Crippen LogP contribution in [0.1, 0.15) is 316 Å². The standard InChI is InChI=1S/C67H125NO10/c1-4-7-10-13-16-19-22-25-27-29-30-31-32-33-35-37-40-43-46-49-52-55-62(72)78-65-64(74)63(73)61(56-69)77-67(65)76-57-58(59(70)53-50-47-44-41-38-24-21-18-15-12-9-6-3)68-66(75)60(71)54-51-48-45-42-39-36-34-28-26-23-20-17-14-11-8-5-2/h25-28,50,53,58-61,63-65,67,69-71,73-74H,4-24,29-49,51-52,54-57H2,1-3H3,(H,68,75)/b27-25+,28-26+,53-50+. The molecule has 78 heavy (non-hydrogen) atoms. The monoisotopic (exact) mass is 1100 g/mol. The molecule has 1 aliphatic heterocycles. The van der Waals surface area contributed by atoms with E-state index in [4.69, 9.17) is 14.2 Å². The van der Waals surface area contributed by atoms with Crippen molar-refractivity contribution < 1.29 is 49.3 Å². The van der Waals surface area contributed by atoms with Gasteiger partial charge < -0.3 is 45.1 Å². The predicted octanol–water partition coefficient (Wildman–Crippen LogP) is 16.2. The molecule has 0 spiro atoms. The van der Waals surface area contributed by atoms with Gasteiger partial charge in [-0.05, 0) is 77.0 Å². The molecule has 0 aromatic rings. The van der Waals surface area contributed by atoms with E-state index in [1.807, 2.05) is 6.08 Å². The molecule has 1 saturated heterocycles. The number of aliphatic hydroxyl groups excluding tert-OH is 5. The number of esters is 1. The van der Waals surface area contributed by atoms with Gasteiger partial charge in [0, 0.05) is 6.42 Å². The molecule has 1 aliphatic rings. The van der Waals surface area contributed by atoms with E-state index in [0.717, 1.165) is 70.6 Å². The molecule has 11 nitrogen and oxygen atoms in total. The SMILES string of the molecule is CCCCCCCC/C=C/CCCCCCCCCCCCCC(=O)OC1C(OCC(NC(=O)C(O)CCCCCCCC/C=C/CCCCCCCC)C(O)/C=C/CCCCCCCCCCCC)OC(CO)C(O)C1O. The molecule has 0 aromatic heterocycles. The molecule has 1 heterocycles. The maximum atomic E-state index is 13.4. The maximum absolute atomic E-state index is 13.4. The van der Waals surface area contributed by atoms with Crippen LogP contribution < -0.4 is 5.32 Å². The second kappa shape index (κ2) is 55.4. The molecule has 11 heteroatoms. The van der Waals surface area contributed by atoms with Crippen LogP contribution in [0, 0.1) is 0 Å². The zero-order valence-electron chi connectivity index (χ0n) is 50.8. The van der Waals surface area contributed by atoms with E-state index in [1.54, 1.807) is 6.08 Å². The largest absolute Gasteiger partial charge is 0.454 e. The Morgan fingerprint density at radius 3 is 1.24 bits per heavy atom. The lowest BCUT2D eigenvalue weighted by Crippen LogP contribution is -2.61. The minimum atomic E-state index is -1.61. The molecule has 1 amide bonds. The summed E-state index contributed by atoms with van der Waals surface area (Å²) in [6, 6.07) is -1.02. The van der Waals surface area contributed by atoms with Gasteiger partial charge in [-0.3, -0.25) is 9.59 Å². The molecule has 0 bridgehead atoms. The fourth-order valence-corrected chi connectivity index (χ4v) is 10.5. The average Bonchev–Trinajstić information content (AvgIpc) is 3.45. The summed E-state index contributed by atoms with van der Waals surface area (Å²) in [5.74, 6) is -1.19. The molecule has 0 radical (unpaired) electrons. The number of unbranched alkanes of at least 4 members (excludes halogenated alkanes) is 39. The number of hydrogen-bond donors (Lipinski definition) is 6. The van der Waals surface area contributed by atoms with Gasteiger partial charge in [0.2, 0.25) is 5.91 Å². The summed E-state index contributed by atoms with van der Waals surface area (Å²) < 4.78 is 17.7. The molecule has 1 fully saturated rings. The Morgan fingerprint density at radius 1 is 0.487 bits per heavy atom. The van der Waals surface area contributed by atoms with Crippen molar-refractivity contribution in [1.29, 1.82) is 0 Å². The van der Waals surface area contributed by atoms with Crippen LogP contribution in [-0.4, -0.2) is 99.6 Å². The Morgan fingerprint density at radius 2 is 0.846 bits per heavy atom. The minimum Gasteiger partial charge on any atom is -0.454 e. The highest BCUT2D eigenvalue weighted by molar-refractivity contribution is 5.80. The number of hydrogen-bond acceptors (Lipinski definition) is 10. The maximum Gasteiger partial charge on any atom is 0.306 e. The van der Waals surface area contributed by atoms with Crippen LogP contribution in [-0.2, 0) is 23.8 Å². The zero-order chi connectivity index (χ0) is 56.8. The third-order valence-corrected chi connectivity index (χ3v) is 15.8. The van der Waals surface area contributed by atoms with Gasteiger partial charge in [-0.15, -0.1) is 0 Å². The van der Waals surface area contributed by atoms with Crippen molar-refractivity contribution in [2.75, 3.05) is 13.2 Å². The number of amides is 1. The lowest BCUT2D eigenvalue weighted by atomic mass is 9.99. The first-order chi connectivity index (χ1) is 38.2. The van der Waals surface area contributed by atoms with E-state index in [2.05, 4.69) is 50.4 Å². The van der Waals surface area contributed by atoms with E-state index in [-0.39, 0.29) is 19.4 Å². The third-order valence-electron chi connectivity index (χ3n) is 15.8. The Bertz CT molecular complexity index is 1410. The molecular weight excluding hydrogens is 979 g/mol. The van der Waals surface area contributed by atoms with Crippen molar-refractivity contribution in [3.05, 3.63) is 36.5 Å². The van der Waals surface area contributed by atoms with Gasteiger partial charge >= 0.3 is 5.97 Å². The topological polar surface area (TPSA) is 175 Å². The van der Waals surface area contributed by atoms with E-state index < -0.39 is 67.4 Å². The quantitative estimate of drug-likeness (QED) is 0.0195. The number of carbonyl (C=O) groups excluding carboxylic acids is 2. The number of rotatable bonds is 57. The van der Waals surface area contributed by atoms with Gasteiger partial charge in [0.15, 0.2) is 12.4 Å². The molecule has 458 valence electrons. The summed E-state index contributed by atoms with van der Waals surface area (Å²) >= 11 is 0. The summed E-state index contributed by atoms with van der Waals surface area (Å²) in [6.07, 6.45) is 56.1. The van der Waals surface area contributed by atoms with Gasteiger partial charge in [-0.25, -0.2) is 0 Å². The van der Waals surface area contributed by atoms with Crippen molar-refractivity contribution in [3.8, 4) is 0 Å². The van der Waals surface area contributed by atoms with Crippen LogP contribution in [0.5, 0.6) is 0 Å². The second-order valence-electron chi connectivity index (χ2n) is 23.2. The van der Waals surface area contributed by atoms with Gasteiger partial charge in [-0.2, -0.15) is 0 Å². The lowest BCUT2D eigenvalue weighted by molar-refractivity contribution is -0.305. The fourth-order valence-electron chi connectivity index (χ4n) is 10.5. The first-order valence-corrected chi connectivity index (χ1v) is 33.3. The molecule has 0 saturated carbocycles. The summed E-state index contributed by atoms with van der Waals surface area (Å²) in [5, 5.41) is 57.1. The van der Waals surface area contributed by atoms with Crippen LogP contribution in [0.2, 0.25) is 0 Å². The first-order valence-electron chi connectivity index (χ1n) is 33.3. The van der Waals surface area contributed by atoms with Crippen LogP contribution >= 0.6 is 0 Å². The number of nitrogens with one attached hydrogen (secondary N) is 1.